The summed E-state index contributed by atoms with van der Waals surface area (Å²) in [4.78, 5) is 31.2. The number of hydrogen-bond donors (Lipinski definition) is 1. The quantitative estimate of drug-likeness (QED) is 0.709. The SMILES string of the molecule is O=C(Nc1nc(-c2ccccc2)ns1)C1CCN(C(=O)c2ccc(F)cc2)CC1. The number of piperidine rings is 1. The highest BCUT2D eigenvalue weighted by molar-refractivity contribution is 7.10. The molecular formula is C21H19FN4O2S. The lowest BCUT2D eigenvalue weighted by Gasteiger charge is -2.31. The maximum Gasteiger partial charge on any atom is 0.253 e. The number of carbonyl (C=O) groups excluding carboxylic acids is 2. The minimum atomic E-state index is -0.371. The fourth-order valence-corrected chi connectivity index (χ4v) is 3.90. The Kier molecular flexibility index (Phi) is 5.62. The zero-order valence-electron chi connectivity index (χ0n) is 15.5. The Bertz CT molecular complexity index is 999. The van der Waals surface area contributed by atoms with Crippen LogP contribution in [-0.2, 0) is 4.79 Å². The van der Waals surface area contributed by atoms with Gasteiger partial charge in [-0.1, -0.05) is 30.3 Å². The van der Waals surface area contributed by atoms with Gasteiger partial charge in [0.2, 0.25) is 11.0 Å². The second-order valence-electron chi connectivity index (χ2n) is 6.85. The third-order valence-electron chi connectivity index (χ3n) is 4.93. The average Bonchev–Trinajstić information content (AvgIpc) is 3.23. The molecule has 3 aromatic rings. The number of hydrogen-bond acceptors (Lipinski definition) is 5. The Hall–Kier alpha value is -3.13. The fourth-order valence-electron chi connectivity index (χ4n) is 3.31. The summed E-state index contributed by atoms with van der Waals surface area (Å²) in [7, 11) is 0. The number of anilines is 1. The predicted molar refractivity (Wildman–Crippen MR) is 109 cm³/mol. The molecule has 2 heterocycles. The van der Waals surface area contributed by atoms with Crippen LogP contribution in [0.5, 0.6) is 0 Å². The van der Waals surface area contributed by atoms with E-state index in [1.165, 1.54) is 24.3 Å². The van der Waals surface area contributed by atoms with E-state index >= 15 is 0 Å². The van der Waals surface area contributed by atoms with Crippen molar-refractivity contribution in [2.75, 3.05) is 18.4 Å². The lowest BCUT2D eigenvalue weighted by molar-refractivity contribution is -0.121. The van der Waals surface area contributed by atoms with Crippen molar-refractivity contribution in [1.82, 2.24) is 14.3 Å². The molecule has 2 amide bonds. The van der Waals surface area contributed by atoms with Crippen LogP contribution < -0.4 is 5.32 Å². The van der Waals surface area contributed by atoms with Gasteiger partial charge in [0.05, 0.1) is 0 Å². The topological polar surface area (TPSA) is 75.2 Å². The Morgan fingerprint density at radius 2 is 1.72 bits per heavy atom. The van der Waals surface area contributed by atoms with Crippen LogP contribution in [0.2, 0.25) is 0 Å². The maximum absolute atomic E-state index is 13.0. The van der Waals surface area contributed by atoms with Crippen LogP contribution in [0.25, 0.3) is 11.4 Å². The van der Waals surface area contributed by atoms with E-state index in [0.717, 1.165) is 17.1 Å². The number of amides is 2. The molecule has 1 saturated heterocycles. The van der Waals surface area contributed by atoms with Crippen LogP contribution in [-0.4, -0.2) is 39.2 Å². The van der Waals surface area contributed by atoms with Gasteiger partial charge in [-0.3, -0.25) is 9.59 Å². The van der Waals surface area contributed by atoms with E-state index in [-0.39, 0.29) is 23.5 Å². The van der Waals surface area contributed by atoms with E-state index in [1.54, 1.807) is 4.90 Å². The van der Waals surface area contributed by atoms with Gasteiger partial charge in [0.1, 0.15) is 5.82 Å². The first kappa shape index (κ1) is 19.2. The second kappa shape index (κ2) is 8.48. The molecule has 29 heavy (non-hydrogen) atoms. The van der Waals surface area contributed by atoms with Crippen molar-refractivity contribution in [1.29, 1.82) is 0 Å². The molecule has 6 nitrogen and oxygen atoms in total. The summed E-state index contributed by atoms with van der Waals surface area (Å²) in [5.41, 5.74) is 1.36. The first-order valence-corrected chi connectivity index (χ1v) is 10.1. The fraction of sp³-hybridized carbons (Fsp3) is 0.238. The third kappa shape index (κ3) is 4.48. The van der Waals surface area contributed by atoms with Crippen LogP contribution in [0.4, 0.5) is 9.52 Å². The molecule has 0 bridgehead atoms. The van der Waals surface area contributed by atoms with Crippen molar-refractivity contribution < 1.29 is 14.0 Å². The van der Waals surface area contributed by atoms with Gasteiger partial charge in [-0.2, -0.15) is 9.36 Å². The summed E-state index contributed by atoms with van der Waals surface area (Å²) in [5.74, 6) is -0.207. The average molecular weight is 410 g/mol. The van der Waals surface area contributed by atoms with Crippen molar-refractivity contribution in [3.05, 3.63) is 66.0 Å². The first-order valence-electron chi connectivity index (χ1n) is 9.35. The number of likely N-dealkylation sites (tertiary alicyclic amines) is 1. The molecule has 0 atom stereocenters. The van der Waals surface area contributed by atoms with Gasteiger partial charge in [-0.15, -0.1) is 0 Å². The molecule has 1 aromatic heterocycles. The molecule has 1 fully saturated rings. The molecule has 0 saturated carbocycles. The van der Waals surface area contributed by atoms with Gasteiger partial charge in [-0.25, -0.2) is 4.39 Å². The molecule has 0 aliphatic carbocycles. The lowest BCUT2D eigenvalue weighted by Crippen LogP contribution is -2.41. The molecule has 4 rings (SSSR count). The molecule has 2 aromatic carbocycles. The van der Waals surface area contributed by atoms with Crippen LogP contribution in [0, 0.1) is 11.7 Å². The smallest absolute Gasteiger partial charge is 0.253 e. The molecule has 1 N–H and O–H groups in total. The molecule has 0 spiro atoms. The molecule has 8 heteroatoms. The minimum absolute atomic E-state index is 0.102. The van der Waals surface area contributed by atoms with Crippen LogP contribution in [0.15, 0.2) is 54.6 Å². The standard InChI is InChI=1S/C21H19FN4O2S/c22-17-8-6-16(7-9-17)20(28)26-12-10-15(11-13-26)19(27)24-21-23-18(25-29-21)14-4-2-1-3-5-14/h1-9,15H,10-13H2,(H,23,24,25,27). The Morgan fingerprint density at radius 3 is 2.41 bits per heavy atom. The van der Waals surface area contributed by atoms with Crippen molar-refractivity contribution in [3.8, 4) is 11.4 Å². The van der Waals surface area contributed by atoms with Crippen LogP contribution in [0.1, 0.15) is 23.2 Å². The van der Waals surface area contributed by atoms with Gasteiger partial charge in [0.25, 0.3) is 5.91 Å². The van der Waals surface area contributed by atoms with Gasteiger partial charge >= 0.3 is 0 Å². The number of aromatic nitrogens is 2. The zero-order valence-corrected chi connectivity index (χ0v) is 16.4. The highest BCUT2D eigenvalue weighted by Crippen LogP contribution is 2.24. The normalized spacial score (nSPS) is 14.6. The van der Waals surface area contributed by atoms with E-state index in [4.69, 9.17) is 0 Å². The minimum Gasteiger partial charge on any atom is -0.339 e. The predicted octanol–water partition coefficient (Wildman–Crippen LogP) is 3.84. The first-order chi connectivity index (χ1) is 14.1. The summed E-state index contributed by atoms with van der Waals surface area (Å²) in [5, 5.41) is 3.32. The number of nitrogens with zero attached hydrogens (tertiary/aromatic N) is 3. The summed E-state index contributed by atoms with van der Waals surface area (Å²) in [6.07, 6.45) is 1.15. The van der Waals surface area contributed by atoms with E-state index in [1.807, 2.05) is 30.3 Å². The van der Waals surface area contributed by atoms with Crippen LogP contribution in [0.3, 0.4) is 0 Å². The molecular weight excluding hydrogens is 391 g/mol. The summed E-state index contributed by atoms with van der Waals surface area (Å²) < 4.78 is 17.3. The Balaban J connectivity index is 1.32. The number of halogens is 1. The van der Waals surface area contributed by atoms with Crippen molar-refractivity contribution in [2.45, 2.75) is 12.8 Å². The van der Waals surface area contributed by atoms with E-state index in [0.29, 0.717) is 42.5 Å². The van der Waals surface area contributed by atoms with Gasteiger partial charge in [-0.05, 0) is 37.1 Å². The zero-order chi connectivity index (χ0) is 20.2. The number of benzene rings is 2. The second-order valence-corrected chi connectivity index (χ2v) is 7.60. The van der Waals surface area contributed by atoms with E-state index in [2.05, 4.69) is 14.7 Å². The summed E-state index contributed by atoms with van der Waals surface area (Å²) >= 11 is 1.15. The van der Waals surface area contributed by atoms with Crippen molar-refractivity contribution in [3.63, 3.8) is 0 Å². The highest BCUT2D eigenvalue weighted by Gasteiger charge is 2.28. The van der Waals surface area contributed by atoms with Gasteiger partial charge < -0.3 is 10.2 Å². The summed E-state index contributed by atoms with van der Waals surface area (Å²) in [6, 6.07) is 15.1. The van der Waals surface area contributed by atoms with E-state index in [9.17, 15) is 14.0 Å². The molecule has 0 radical (unpaired) electrons. The summed E-state index contributed by atoms with van der Waals surface area (Å²) in [6.45, 7) is 0.972. The molecule has 1 aliphatic rings. The number of carbonyl (C=O) groups is 2. The van der Waals surface area contributed by atoms with Crippen molar-refractivity contribution >= 4 is 28.5 Å². The van der Waals surface area contributed by atoms with E-state index < -0.39 is 0 Å². The molecule has 1 aliphatic heterocycles. The lowest BCUT2D eigenvalue weighted by atomic mass is 9.95. The van der Waals surface area contributed by atoms with Crippen molar-refractivity contribution in [2.24, 2.45) is 5.92 Å². The van der Waals surface area contributed by atoms with Gasteiger partial charge in [0, 0.05) is 41.7 Å². The van der Waals surface area contributed by atoms with Crippen LogP contribution >= 0.6 is 11.5 Å². The highest BCUT2D eigenvalue weighted by atomic mass is 32.1. The Labute approximate surface area is 171 Å². The largest absolute Gasteiger partial charge is 0.339 e. The molecule has 148 valence electrons. The maximum atomic E-state index is 13.0. The van der Waals surface area contributed by atoms with Gasteiger partial charge in [0.15, 0.2) is 5.82 Å². The monoisotopic (exact) mass is 410 g/mol. The molecule has 0 unspecified atom stereocenters. The Morgan fingerprint density at radius 1 is 1.03 bits per heavy atom. The number of nitrogens with one attached hydrogen (secondary N) is 1. The number of rotatable bonds is 4. The third-order valence-corrected chi connectivity index (χ3v) is 5.56.